The number of phosphoric ester groups is 1. The van der Waals surface area contributed by atoms with Crippen LogP contribution in [0, 0.1) is 5.92 Å². The van der Waals surface area contributed by atoms with Crippen LogP contribution in [0.5, 0.6) is 0 Å². The van der Waals surface area contributed by atoms with Gasteiger partial charge in [0, 0.05) is 12.8 Å². The Hall–Kier alpha value is -2.63. The van der Waals surface area contributed by atoms with E-state index in [0.29, 0.717) is 25.7 Å². The van der Waals surface area contributed by atoms with E-state index in [1.54, 1.807) is 6.08 Å². The summed E-state index contributed by atoms with van der Waals surface area (Å²) >= 11 is 0. The lowest BCUT2D eigenvalue weighted by molar-refractivity contribution is -0.161. The first-order valence-electron chi connectivity index (χ1n) is 20.4. The molecule has 0 saturated heterocycles. The van der Waals surface area contributed by atoms with E-state index in [1.165, 1.54) is 38.5 Å². The minimum atomic E-state index is -4.65. The van der Waals surface area contributed by atoms with Crippen LogP contribution in [0.4, 0.5) is 0 Å². The van der Waals surface area contributed by atoms with Crippen LogP contribution in [0.1, 0.15) is 136 Å². The monoisotopic (exact) mass is 796 g/mol. The number of phosphoric acid groups is 1. The van der Waals surface area contributed by atoms with Crippen molar-refractivity contribution in [1.82, 2.24) is 0 Å². The van der Waals surface area contributed by atoms with Gasteiger partial charge < -0.3 is 29.7 Å². The van der Waals surface area contributed by atoms with Crippen LogP contribution in [0.25, 0.3) is 0 Å². The van der Waals surface area contributed by atoms with Crippen molar-refractivity contribution in [2.45, 2.75) is 155 Å². The number of allylic oxidation sites excluding steroid dienone is 10. The highest BCUT2D eigenvalue weighted by molar-refractivity contribution is 7.47. The molecule has 0 aromatic carbocycles. The first kappa shape index (κ1) is 52.4. The number of hydrogen-bond donors (Lipinski definition) is 4. The van der Waals surface area contributed by atoms with Crippen LogP contribution in [0.2, 0.25) is 0 Å². The fraction of sp³-hybridized carbons (Fsp3) is 0.674. The van der Waals surface area contributed by atoms with Crippen LogP contribution in [0.3, 0.4) is 0 Å². The molecule has 0 rings (SSSR count). The predicted molar refractivity (Wildman–Crippen MR) is 220 cm³/mol. The van der Waals surface area contributed by atoms with Gasteiger partial charge in [0.25, 0.3) is 0 Å². The largest absolute Gasteiger partial charge is 0.472 e. The second-order valence-corrected chi connectivity index (χ2v) is 15.4. The Kier molecular flexibility index (Phi) is 35.2. The van der Waals surface area contributed by atoms with Crippen molar-refractivity contribution in [2.24, 2.45) is 5.92 Å². The van der Waals surface area contributed by atoms with E-state index in [1.807, 2.05) is 54.7 Å². The van der Waals surface area contributed by atoms with E-state index in [2.05, 4.69) is 37.4 Å². The van der Waals surface area contributed by atoms with Gasteiger partial charge in [-0.05, 0) is 50.9 Å². The van der Waals surface area contributed by atoms with Crippen molar-refractivity contribution >= 4 is 19.8 Å². The fourth-order valence-corrected chi connectivity index (χ4v) is 5.78. The van der Waals surface area contributed by atoms with Gasteiger partial charge in [0.2, 0.25) is 0 Å². The molecule has 0 bridgehead atoms. The van der Waals surface area contributed by atoms with E-state index in [9.17, 15) is 29.3 Å². The van der Waals surface area contributed by atoms with Crippen LogP contribution in [-0.4, -0.2) is 76.9 Å². The Balaban J connectivity index is 4.55. The van der Waals surface area contributed by atoms with Gasteiger partial charge in [0.15, 0.2) is 6.10 Å². The van der Waals surface area contributed by atoms with Crippen LogP contribution < -0.4 is 0 Å². The molecule has 0 aliphatic carbocycles. The zero-order chi connectivity index (χ0) is 40.8. The van der Waals surface area contributed by atoms with Crippen molar-refractivity contribution in [1.29, 1.82) is 0 Å². The average Bonchev–Trinajstić information content (AvgIpc) is 3.15. The number of carbonyl (C=O) groups is 2. The molecule has 0 radical (unpaired) electrons. The second kappa shape index (κ2) is 37.0. The van der Waals surface area contributed by atoms with E-state index in [4.69, 9.17) is 19.1 Å². The molecule has 0 aliphatic rings. The molecule has 0 aliphatic heterocycles. The summed E-state index contributed by atoms with van der Waals surface area (Å²) in [6.45, 7) is 4.36. The summed E-state index contributed by atoms with van der Waals surface area (Å²) in [5.41, 5.74) is 0. The highest BCUT2D eigenvalue weighted by Crippen LogP contribution is 2.43. The fourth-order valence-electron chi connectivity index (χ4n) is 4.99. The normalized spacial score (nSPS) is 15.3. The molecule has 4 N–H and O–H groups in total. The SMILES string of the molecule is CC/C=C\C/C=C\CC(O)/C=C/C=C\C/C=C\C/C=C\CCC(=O)O[C@H](COC(=O)CCCCCCCCCCCC(C)C)COP(=O)(O)OC[C@@H](O)CO. The number of rotatable bonds is 36. The number of unbranched alkanes of at least 4 members (excludes halogenated alkanes) is 8. The minimum Gasteiger partial charge on any atom is -0.462 e. The summed E-state index contributed by atoms with van der Waals surface area (Å²) in [7, 11) is -4.65. The second-order valence-electron chi connectivity index (χ2n) is 14.0. The quantitative estimate of drug-likeness (QED) is 0.0157. The third-order valence-corrected chi connectivity index (χ3v) is 9.10. The highest BCUT2D eigenvalue weighted by atomic mass is 31.2. The first-order valence-corrected chi connectivity index (χ1v) is 21.9. The van der Waals surface area contributed by atoms with Crippen molar-refractivity contribution in [2.75, 3.05) is 26.4 Å². The molecule has 0 saturated carbocycles. The molecule has 316 valence electrons. The molecule has 0 spiro atoms. The Morgan fingerprint density at radius 1 is 0.673 bits per heavy atom. The van der Waals surface area contributed by atoms with Crippen molar-refractivity contribution in [3.63, 3.8) is 0 Å². The molecular weight excluding hydrogens is 723 g/mol. The maximum atomic E-state index is 12.6. The third kappa shape index (κ3) is 38.0. The number of ether oxygens (including phenoxy) is 2. The minimum absolute atomic E-state index is 0.0329. The number of hydrogen-bond acceptors (Lipinski definition) is 10. The number of esters is 2. The summed E-state index contributed by atoms with van der Waals surface area (Å²) in [6, 6.07) is 0. The van der Waals surface area contributed by atoms with E-state index >= 15 is 0 Å². The van der Waals surface area contributed by atoms with E-state index < -0.39 is 57.9 Å². The Morgan fingerprint density at radius 2 is 1.25 bits per heavy atom. The lowest BCUT2D eigenvalue weighted by Gasteiger charge is -2.20. The van der Waals surface area contributed by atoms with Gasteiger partial charge in [-0.2, -0.15) is 0 Å². The van der Waals surface area contributed by atoms with Crippen molar-refractivity contribution in [3.8, 4) is 0 Å². The molecule has 0 heterocycles. The van der Waals surface area contributed by atoms with Crippen LogP contribution >= 0.6 is 7.82 Å². The summed E-state index contributed by atoms with van der Waals surface area (Å²) in [6.07, 6.45) is 36.4. The molecular formula is C43H73O11P. The molecule has 0 amide bonds. The number of carbonyl (C=O) groups excluding carboxylic acids is 2. The van der Waals surface area contributed by atoms with Gasteiger partial charge in [-0.3, -0.25) is 18.6 Å². The summed E-state index contributed by atoms with van der Waals surface area (Å²) in [5, 5.41) is 28.3. The zero-order valence-electron chi connectivity index (χ0n) is 33.9. The topological polar surface area (TPSA) is 169 Å². The Bertz CT molecular complexity index is 1180. The lowest BCUT2D eigenvalue weighted by Crippen LogP contribution is -2.29. The van der Waals surface area contributed by atoms with Gasteiger partial charge in [-0.15, -0.1) is 0 Å². The summed E-state index contributed by atoms with van der Waals surface area (Å²) in [5.74, 6) is -0.294. The molecule has 0 aromatic heterocycles. The van der Waals surface area contributed by atoms with Crippen LogP contribution in [-0.2, 0) is 32.7 Å². The average molecular weight is 797 g/mol. The zero-order valence-corrected chi connectivity index (χ0v) is 34.8. The van der Waals surface area contributed by atoms with Crippen molar-refractivity contribution < 1.29 is 52.9 Å². The van der Waals surface area contributed by atoms with E-state index in [0.717, 1.165) is 44.4 Å². The summed E-state index contributed by atoms with van der Waals surface area (Å²) < 4.78 is 32.5. The highest BCUT2D eigenvalue weighted by Gasteiger charge is 2.27. The van der Waals surface area contributed by atoms with Gasteiger partial charge in [0.1, 0.15) is 12.7 Å². The van der Waals surface area contributed by atoms with Gasteiger partial charge >= 0.3 is 19.8 Å². The maximum Gasteiger partial charge on any atom is 0.472 e. The Labute approximate surface area is 331 Å². The number of aliphatic hydroxyl groups excluding tert-OH is 3. The lowest BCUT2D eigenvalue weighted by atomic mass is 10.0. The van der Waals surface area contributed by atoms with Gasteiger partial charge in [-0.25, -0.2) is 4.57 Å². The molecule has 4 atom stereocenters. The van der Waals surface area contributed by atoms with Crippen molar-refractivity contribution in [3.05, 3.63) is 72.9 Å². The summed E-state index contributed by atoms with van der Waals surface area (Å²) in [4.78, 5) is 34.9. The molecule has 2 unspecified atom stereocenters. The standard InChI is InChI=1S/C43H73O11P/c1-4-5-6-7-20-25-30-39(45)31-26-21-16-12-8-9-13-18-23-28-33-43(48)54-41(37-53-55(49,50)52-35-40(46)34-44)36-51-42(47)32-27-22-17-14-10-11-15-19-24-29-38(2)3/h5-6,8-9,16,18,20-21,23,25-26,31,38-41,44-46H,4,7,10-15,17,19,22,24,27-30,32-37H2,1-3H3,(H,49,50)/b6-5-,9-8-,21-16-,23-18-,25-20-,31-26+/t39?,40-,41+/m0/s1. The van der Waals surface area contributed by atoms with Gasteiger partial charge in [0.05, 0.1) is 25.9 Å². The predicted octanol–water partition coefficient (Wildman–Crippen LogP) is 9.32. The van der Waals surface area contributed by atoms with Gasteiger partial charge in [-0.1, -0.05) is 151 Å². The third-order valence-electron chi connectivity index (χ3n) is 8.15. The maximum absolute atomic E-state index is 12.6. The van der Waals surface area contributed by atoms with Crippen LogP contribution in [0.15, 0.2) is 72.9 Å². The smallest absolute Gasteiger partial charge is 0.462 e. The molecule has 0 aromatic rings. The Morgan fingerprint density at radius 3 is 1.91 bits per heavy atom. The molecule has 55 heavy (non-hydrogen) atoms. The molecule has 0 fully saturated rings. The first-order chi connectivity index (χ1) is 26.5. The molecule has 11 nitrogen and oxygen atoms in total. The molecule has 12 heteroatoms. The van der Waals surface area contributed by atoms with E-state index in [-0.39, 0.29) is 19.4 Å². The number of aliphatic hydroxyl groups is 3.